The van der Waals surface area contributed by atoms with Crippen molar-refractivity contribution >= 4 is 17.5 Å². The van der Waals surface area contributed by atoms with Crippen molar-refractivity contribution in [3.63, 3.8) is 0 Å². The van der Waals surface area contributed by atoms with Gasteiger partial charge in [-0.2, -0.15) is 0 Å². The van der Waals surface area contributed by atoms with Crippen LogP contribution in [0.5, 0.6) is 0 Å². The van der Waals surface area contributed by atoms with Crippen LogP contribution >= 0.6 is 11.6 Å². The van der Waals surface area contributed by atoms with Gasteiger partial charge in [-0.15, -0.1) is 0 Å². The zero-order valence-corrected chi connectivity index (χ0v) is 12.4. The third-order valence-electron chi connectivity index (χ3n) is 4.61. The SMILES string of the molecule is CCC1(CC)CCN(C(=O)c2cnccc2Cl)CC1. The van der Waals surface area contributed by atoms with Crippen molar-refractivity contribution in [3.8, 4) is 0 Å². The van der Waals surface area contributed by atoms with E-state index in [0.717, 1.165) is 25.9 Å². The minimum atomic E-state index is 0.0129. The topological polar surface area (TPSA) is 33.2 Å². The molecular formula is C15H21ClN2O. The van der Waals surface area contributed by atoms with Gasteiger partial charge < -0.3 is 4.90 Å². The molecule has 0 atom stereocenters. The fourth-order valence-corrected chi connectivity index (χ4v) is 3.03. The van der Waals surface area contributed by atoms with Gasteiger partial charge in [0.1, 0.15) is 0 Å². The van der Waals surface area contributed by atoms with E-state index in [9.17, 15) is 4.79 Å². The van der Waals surface area contributed by atoms with Crippen molar-refractivity contribution in [2.45, 2.75) is 39.5 Å². The summed E-state index contributed by atoms with van der Waals surface area (Å²) in [6, 6.07) is 1.67. The van der Waals surface area contributed by atoms with Crippen LogP contribution < -0.4 is 0 Å². The molecule has 0 aliphatic carbocycles. The number of rotatable bonds is 3. The van der Waals surface area contributed by atoms with Crippen LogP contribution in [0.2, 0.25) is 5.02 Å². The Morgan fingerprint density at radius 2 is 2.00 bits per heavy atom. The molecule has 0 aromatic carbocycles. The number of hydrogen-bond acceptors (Lipinski definition) is 2. The lowest BCUT2D eigenvalue weighted by Gasteiger charge is -2.41. The molecule has 1 fully saturated rings. The molecule has 1 aromatic rings. The first-order valence-corrected chi connectivity index (χ1v) is 7.38. The summed E-state index contributed by atoms with van der Waals surface area (Å²) in [4.78, 5) is 18.3. The molecule has 4 heteroatoms. The highest BCUT2D eigenvalue weighted by Crippen LogP contribution is 2.38. The maximum absolute atomic E-state index is 12.4. The number of nitrogens with zero attached hydrogens (tertiary/aromatic N) is 2. The Bertz CT molecular complexity index is 447. The zero-order chi connectivity index (χ0) is 13.9. The molecule has 2 heterocycles. The molecule has 3 nitrogen and oxygen atoms in total. The summed E-state index contributed by atoms with van der Waals surface area (Å²) >= 11 is 6.06. The Balaban J connectivity index is 2.06. The van der Waals surface area contributed by atoms with E-state index in [4.69, 9.17) is 11.6 Å². The van der Waals surface area contributed by atoms with E-state index in [-0.39, 0.29) is 5.91 Å². The Kier molecular flexibility index (Phi) is 4.46. The molecule has 19 heavy (non-hydrogen) atoms. The first kappa shape index (κ1) is 14.3. The number of pyridine rings is 1. The van der Waals surface area contributed by atoms with Crippen LogP contribution in [0, 0.1) is 5.41 Å². The number of hydrogen-bond donors (Lipinski definition) is 0. The molecular weight excluding hydrogens is 260 g/mol. The smallest absolute Gasteiger partial charge is 0.256 e. The van der Waals surface area contributed by atoms with Gasteiger partial charge in [0.05, 0.1) is 10.6 Å². The standard InChI is InChI=1S/C15H21ClN2O/c1-3-15(4-2)6-9-18(10-7-15)14(19)12-11-17-8-5-13(12)16/h5,8,11H,3-4,6-7,9-10H2,1-2H3. The van der Waals surface area contributed by atoms with E-state index in [1.54, 1.807) is 18.5 Å². The zero-order valence-electron chi connectivity index (χ0n) is 11.7. The number of carbonyl (C=O) groups excluding carboxylic acids is 1. The number of amides is 1. The number of aromatic nitrogens is 1. The summed E-state index contributed by atoms with van der Waals surface area (Å²) < 4.78 is 0. The predicted octanol–water partition coefficient (Wildman–Crippen LogP) is 3.78. The van der Waals surface area contributed by atoms with Gasteiger partial charge in [-0.3, -0.25) is 9.78 Å². The van der Waals surface area contributed by atoms with Crippen molar-refractivity contribution in [1.29, 1.82) is 0 Å². The Labute approximate surface area is 120 Å². The van der Waals surface area contributed by atoms with Crippen molar-refractivity contribution in [3.05, 3.63) is 29.0 Å². The molecule has 0 spiro atoms. The molecule has 0 unspecified atom stereocenters. The van der Waals surface area contributed by atoms with E-state index in [1.165, 1.54) is 12.8 Å². The molecule has 2 rings (SSSR count). The van der Waals surface area contributed by atoms with E-state index in [2.05, 4.69) is 18.8 Å². The second kappa shape index (κ2) is 5.91. The summed E-state index contributed by atoms with van der Waals surface area (Å²) in [5.41, 5.74) is 0.944. The van der Waals surface area contributed by atoms with Gasteiger partial charge in [-0.25, -0.2) is 0 Å². The van der Waals surface area contributed by atoms with Gasteiger partial charge in [-0.1, -0.05) is 38.3 Å². The maximum atomic E-state index is 12.4. The summed E-state index contributed by atoms with van der Waals surface area (Å²) in [6.45, 7) is 6.15. The Morgan fingerprint density at radius 3 is 2.53 bits per heavy atom. The highest BCUT2D eigenvalue weighted by Gasteiger charge is 2.33. The minimum absolute atomic E-state index is 0.0129. The van der Waals surface area contributed by atoms with Gasteiger partial charge in [0.25, 0.3) is 5.91 Å². The van der Waals surface area contributed by atoms with Gasteiger partial charge >= 0.3 is 0 Å². The normalized spacial score (nSPS) is 18.4. The van der Waals surface area contributed by atoms with Gasteiger partial charge in [0, 0.05) is 25.5 Å². The number of carbonyl (C=O) groups is 1. The first-order valence-electron chi connectivity index (χ1n) is 7.00. The Morgan fingerprint density at radius 1 is 1.37 bits per heavy atom. The van der Waals surface area contributed by atoms with Crippen LogP contribution in [0.25, 0.3) is 0 Å². The van der Waals surface area contributed by atoms with E-state index in [0.29, 0.717) is 16.0 Å². The molecule has 1 saturated heterocycles. The summed E-state index contributed by atoms with van der Waals surface area (Å²) in [5, 5.41) is 0.489. The lowest BCUT2D eigenvalue weighted by molar-refractivity contribution is 0.0557. The molecule has 0 radical (unpaired) electrons. The van der Waals surface area contributed by atoms with Gasteiger partial charge in [0.15, 0.2) is 0 Å². The summed E-state index contributed by atoms with van der Waals surface area (Å²) in [7, 11) is 0. The summed E-state index contributed by atoms with van der Waals surface area (Å²) in [6.07, 6.45) is 7.73. The van der Waals surface area contributed by atoms with Crippen LogP contribution in [-0.2, 0) is 0 Å². The molecule has 1 aliphatic rings. The fraction of sp³-hybridized carbons (Fsp3) is 0.600. The van der Waals surface area contributed by atoms with Crippen molar-refractivity contribution < 1.29 is 4.79 Å². The third kappa shape index (κ3) is 2.92. The second-order valence-corrected chi connectivity index (χ2v) is 5.76. The number of piperidine rings is 1. The van der Waals surface area contributed by atoms with Crippen LogP contribution in [0.3, 0.4) is 0 Å². The maximum Gasteiger partial charge on any atom is 0.256 e. The molecule has 1 aromatic heterocycles. The van der Waals surface area contributed by atoms with Crippen LogP contribution in [0.15, 0.2) is 18.5 Å². The quantitative estimate of drug-likeness (QED) is 0.844. The molecule has 1 aliphatic heterocycles. The average molecular weight is 281 g/mol. The van der Waals surface area contributed by atoms with Crippen LogP contribution in [0.4, 0.5) is 0 Å². The predicted molar refractivity (Wildman–Crippen MR) is 77.4 cm³/mol. The lowest BCUT2D eigenvalue weighted by Crippen LogP contribution is -2.42. The van der Waals surface area contributed by atoms with Crippen molar-refractivity contribution in [1.82, 2.24) is 9.88 Å². The van der Waals surface area contributed by atoms with E-state index < -0.39 is 0 Å². The third-order valence-corrected chi connectivity index (χ3v) is 4.94. The van der Waals surface area contributed by atoms with Crippen molar-refractivity contribution in [2.24, 2.45) is 5.41 Å². The van der Waals surface area contributed by atoms with E-state index in [1.807, 2.05) is 4.90 Å². The number of halogens is 1. The molecule has 0 N–H and O–H groups in total. The highest BCUT2D eigenvalue weighted by molar-refractivity contribution is 6.33. The van der Waals surface area contributed by atoms with Crippen LogP contribution in [-0.4, -0.2) is 28.9 Å². The van der Waals surface area contributed by atoms with Crippen molar-refractivity contribution in [2.75, 3.05) is 13.1 Å². The fourth-order valence-electron chi connectivity index (χ4n) is 2.85. The van der Waals surface area contributed by atoms with Gasteiger partial charge in [-0.05, 0) is 24.3 Å². The van der Waals surface area contributed by atoms with E-state index >= 15 is 0 Å². The highest BCUT2D eigenvalue weighted by atomic mass is 35.5. The molecule has 0 bridgehead atoms. The minimum Gasteiger partial charge on any atom is -0.339 e. The summed E-state index contributed by atoms with van der Waals surface area (Å²) in [5.74, 6) is 0.0129. The monoisotopic (exact) mass is 280 g/mol. The molecule has 104 valence electrons. The van der Waals surface area contributed by atoms with Crippen LogP contribution in [0.1, 0.15) is 49.9 Å². The average Bonchev–Trinajstić information content (AvgIpc) is 2.47. The second-order valence-electron chi connectivity index (χ2n) is 5.35. The largest absolute Gasteiger partial charge is 0.339 e. The number of likely N-dealkylation sites (tertiary alicyclic amines) is 1. The molecule has 0 saturated carbocycles. The first-order chi connectivity index (χ1) is 9.12. The van der Waals surface area contributed by atoms with Gasteiger partial charge in [0.2, 0.25) is 0 Å². The Hall–Kier alpha value is -1.09. The molecule has 1 amide bonds. The lowest BCUT2D eigenvalue weighted by atomic mass is 9.74.